The van der Waals surface area contributed by atoms with Gasteiger partial charge in [-0.1, -0.05) is 24.3 Å². The number of aryl methyl sites for hydroxylation is 2. The Balaban J connectivity index is 1.60. The van der Waals surface area contributed by atoms with E-state index in [4.69, 9.17) is 5.73 Å². The number of nitrogens with zero attached hydrogens (tertiary/aromatic N) is 2. The van der Waals surface area contributed by atoms with Crippen LogP contribution in [-0.4, -0.2) is 15.7 Å². The first kappa shape index (κ1) is 17.3. The number of nitrogen functional groups attached to an aromatic ring is 1. The van der Waals surface area contributed by atoms with Crippen LogP contribution in [0.5, 0.6) is 0 Å². The predicted molar refractivity (Wildman–Crippen MR) is 107 cm³/mol. The molecule has 27 heavy (non-hydrogen) atoms. The number of nitrogens with one attached hydrogen (secondary N) is 1. The van der Waals surface area contributed by atoms with Crippen LogP contribution in [0.4, 0.5) is 5.69 Å². The van der Waals surface area contributed by atoms with Gasteiger partial charge in [0.15, 0.2) is 0 Å². The first-order chi connectivity index (χ1) is 13.0. The smallest absolute Gasteiger partial charge is 0.255 e. The fraction of sp³-hybridized carbons (Fsp3) is 0.273. The summed E-state index contributed by atoms with van der Waals surface area (Å²) in [6.07, 6.45) is 4.65. The molecule has 1 heterocycles. The van der Waals surface area contributed by atoms with Crippen molar-refractivity contribution in [2.75, 3.05) is 5.73 Å². The first-order valence-corrected chi connectivity index (χ1v) is 9.34. The lowest BCUT2D eigenvalue weighted by Gasteiger charge is -2.26. The molecule has 1 aromatic heterocycles. The van der Waals surface area contributed by atoms with Crippen molar-refractivity contribution in [2.45, 2.75) is 39.2 Å². The highest BCUT2D eigenvalue weighted by molar-refractivity contribution is 5.95. The summed E-state index contributed by atoms with van der Waals surface area (Å²) in [6, 6.07) is 14.0. The number of amides is 1. The van der Waals surface area contributed by atoms with Crippen molar-refractivity contribution in [1.82, 2.24) is 15.1 Å². The van der Waals surface area contributed by atoms with E-state index in [9.17, 15) is 4.79 Å². The van der Waals surface area contributed by atoms with Gasteiger partial charge in [0.1, 0.15) is 0 Å². The van der Waals surface area contributed by atoms with E-state index in [1.807, 2.05) is 61.0 Å². The van der Waals surface area contributed by atoms with Gasteiger partial charge in [-0.2, -0.15) is 5.10 Å². The molecular formula is C22H24N4O. The minimum Gasteiger partial charge on any atom is -0.399 e. The summed E-state index contributed by atoms with van der Waals surface area (Å²) < 4.78 is 1.83. The quantitative estimate of drug-likeness (QED) is 0.696. The molecule has 0 saturated heterocycles. The van der Waals surface area contributed by atoms with Gasteiger partial charge in [0.05, 0.1) is 29.2 Å². The SMILES string of the molecule is Cc1ccccc1-n1ncc(C(=O)NC2CCCc3cc(N)ccc32)c1C. The monoisotopic (exact) mass is 360 g/mol. The molecule has 0 aliphatic heterocycles. The van der Waals surface area contributed by atoms with Gasteiger partial charge in [0, 0.05) is 5.69 Å². The molecule has 3 aromatic rings. The van der Waals surface area contributed by atoms with Gasteiger partial charge in [0.25, 0.3) is 5.91 Å². The van der Waals surface area contributed by atoms with Crippen molar-refractivity contribution in [2.24, 2.45) is 0 Å². The fourth-order valence-electron chi connectivity index (χ4n) is 3.90. The number of hydrogen-bond acceptors (Lipinski definition) is 3. The summed E-state index contributed by atoms with van der Waals surface area (Å²) in [4.78, 5) is 13.0. The first-order valence-electron chi connectivity index (χ1n) is 9.34. The number of hydrogen-bond donors (Lipinski definition) is 2. The van der Waals surface area contributed by atoms with Crippen LogP contribution in [0.15, 0.2) is 48.7 Å². The molecule has 5 heteroatoms. The molecule has 2 aromatic carbocycles. The highest BCUT2D eigenvalue weighted by Gasteiger charge is 2.24. The number of carbonyl (C=O) groups is 1. The lowest BCUT2D eigenvalue weighted by Crippen LogP contribution is -2.31. The zero-order chi connectivity index (χ0) is 19.0. The molecule has 0 fully saturated rings. The molecule has 1 amide bonds. The second-order valence-corrected chi connectivity index (χ2v) is 7.22. The molecule has 0 bridgehead atoms. The summed E-state index contributed by atoms with van der Waals surface area (Å²) in [6.45, 7) is 3.98. The minimum absolute atomic E-state index is 0.0167. The zero-order valence-corrected chi connectivity index (χ0v) is 15.7. The second kappa shape index (κ2) is 6.91. The van der Waals surface area contributed by atoms with Gasteiger partial charge in [-0.05, 0) is 68.0 Å². The molecule has 1 atom stereocenters. The van der Waals surface area contributed by atoms with Crippen molar-refractivity contribution in [3.05, 3.63) is 76.6 Å². The zero-order valence-electron chi connectivity index (χ0n) is 15.7. The Bertz CT molecular complexity index is 1010. The van der Waals surface area contributed by atoms with Crippen LogP contribution in [0.1, 0.15) is 51.6 Å². The molecule has 5 nitrogen and oxygen atoms in total. The summed E-state index contributed by atoms with van der Waals surface area (Å²) in [5, 5.41) is 7.65. The van der Waals surface area contributed by atoms with Crippen LogP contribution in [0.2, 0.25) is 0 Å². The van der Waals surface area contributed by atoms with E-state index in [0.717, 1.165) is 41.9 Å². The number of para-hydroxylation sites is 1. The second-order valence-electron chi connectivity index (χ2n) is 7.22. The van der Waals surface area contributed by atoms with Crippen molar-refractivity contribution < 1.29 is 4.79 Å². The van der Waals surface area contributed by atoms with E-state index in [1.165, 1.54) is 11.1 Å². The van der Waals surface area contributed by atoms with E-state index in [0.29, 0.717) is 5.56 Å². The Morgan fingerprint density at radius 2 is 2.04 bits per heavy atom. The Kier molecular flexibility index (Phi) is 4.44. The number of nitrogens with two attached hydrogens (primary N) is 1. The number of anilines is 1. The summed E-state index contributed by atoms with van der Waals surface area (Å²) in [5.74, 6) is -0.0815. The van der Waals surface area contributed by atoms with Gasteiger partial charge in [-0.3, -0.25) is 4.79 Å². The Hall–Kier alpha value is -3.08. The number of benzene rings is 2. The van der Waals surface area contributed by atoms with Gasteiger partial charge in [-0.25, -0.2) is 4.68 Å². The van der Waals surface area contributed by atoms with Crippen LogP contribution in [0.25, 0.3) is 5.69 Å². The maximum atomic E-state index is 13.0. The third-order valence-electron chi connectivity index (χ3n) is 5.38. The Labute approximate surface area is 159 Å². The van der Waals surface area contributed by atoms with Gasteiger partial charge < -0.3 is 11.1 Å². The van der Waals surface area contributed by atoms with Gasteiger partial charge in [0.2, 0.25) is 0 Å². The summed E-state index contributed by atoms with van der Waals surface area (Å²) >= 11 is 0. The molecule has 1 unspecified atom stereocenters. The highest BCUT2D eigenvalue weighted by atomic mass is 16.1. The number of rotatable bonds is 3. The predicted octanol–water partition coefficient (Wildman–Crippen LogP) is 3.88. The highest BCUT2D eigenvalue weighted by Crippen LogP contribution is 2.31. The van der Waals surface area contributed by atoms with Crippen molar-refractivity contribution in [1.29, 1.82) is 0 Å². The van der Waals surface area contributed by atoms with E-state index in [1.54, 1.807) is 6.20 Å². The number of aromatic nitrogens is 2. The average Bonchev–Trinajstić information content (AvgIpc) is 3.03. The topological polar surface area (TPSA) is 72.9 Å². The van der Waals surface area contributed by atoms with E-state index in [-0.39, 0.29) is 11.9 Å². The standard InChI is InChI=1S/C22H24N4O/c1-14-6-3-4-9-21(14)26-15(2)19(13-24-26)22(27)25-20-8-5-7-16-12-17(23)10-11-18(16)20/h3-4,6,9-13,20H,5,7-8,23H2,1-2H3,(H,25,27). The largest absolute Gasteiger partial charge is 0.399 e. The van der Waals surface area contributed by atoms with Crippen molar-refractivity contribution in [3.63, 3.8) is 0 Å². The molecule has 0 spiro atoms. The van der Waals surface area contributed by atoms with Crippen LogP contribution >= 0.6 is 0 Å². The number of carbonyl (C=O) groups excluding carboxylic acids is 1. The molecule has 0 saturated carbocycles. The molecule has 0 radical (unpaired) electrons. The fourth-order valence-corrected chi connectivity index (χ4v) is 3.90. The lowest BCUT2D eigenvalue weighted by atomic mass is 9.87. The molecule has 138 valence electrons. The van der Waals surface area contributed by atoms with E-state index < -0.39 is 0 Å². The van der Waals surface area contributed by atoms with Crippen molar-refractivity contribution in [3.8, 4) is 5.69 Å². The van der Waals surface area contributed by atoms with Crippen LogP contribution in [-0.2, 0) is 6.42 Å². The maximum absolute atomic E-state index is 13.0. The van der Waals surface area contributed by atoms with Crippen LogP contribution in [0, 0.1) is 13.8 Å². The van der Waals surface area contributed by atoms with Gasteiger partial charge >= 0.3 is 0 Å². The maximum Gasteiger partial charge on any atom is 0.255 e. The third-order valence-corrected chi connectivity index (χ3v) is 5.38. The van der Waals surface area contributed by atoms with Crippen LogP contribution < -0.4 is 11.1 Å². The number of fused-ring (bicyclic) bond motifs is 1. The van der Waals surface area contributed by atoms with E-state index in [2.05, 4.69) is 10.4 Å². The third kappa shape index (κ3) is 3.21. The molecule has 1 aliphatic carbocycles. The normalized spacial score (nSPS) is 16.0. The minimum atomic E-state index is -0.0815. The molecular weight excluding hydrogens is 336 g/mol. The summed E-state index contributed by atoms with van der Waals surface area (Å²) in [7, 11) is 0. The van der Waals surface area contributed by atoms with Crippen molar-refractivity contribution >= 4 is 11.6 Å². The van der Waals surface area contributed by atoms with E-state index >= 15 is 0 Å². The molecule has 3 N–H and O–H groups in total. The molecule has 4 rings (SSSR count). The summed E-state index contributed by atoms with van der Waals surface area (Å²) in [5.41, 5.74) is 12.7. The average molecular weight is 360 g/mol. The molecule has 1 aliphatic rings. The Morgan fingerprint density at radius 1 is 1.22 bits per heavy atom. The van der Waals surface area contributed by atoms with Gasteiger partial charge in [-0.15, -0.1) is 0 Å². The lowest BCUT2D eigenvalue weighted by molar-refractivity contribution is 0.0932. The van der Waals surface area contributed by atoms with Crippen LogP contribution in [0.3, 0.4) is 0 Å². The Morgan fingerprint density at radius 3 is 2.85 bits per heavy atom.